The standard InChI is InChI=1S/C11H20O2/c1-8(12)13-7-11(5)6-9(11)10(2,3)4/h9H,6-7H2,1-5H3. The van der Waals surface area contributed by atoms with Crippen LogP contribution in [0.4, 0.5) is 0 Å². The van der Waals surface area contributed by atoms with E-state index in [-0.39, 0.29) is 11.4 Å². The number of esters is 1. The Hall–Kier alpha value is -0.530. The summed E-state index contributed by atoms with van der Waals surface area (Å²) in [5, 5.41) is 0. The van der Waals surface area contributed by atoms with Gasteiger partial charge in [0, 0.05) is 12.3 Å². The largest absolute Gasteiger partial charge is 0.465 e. The molecule has 0 aromatic rings. The van der Waals surface area contributed by atoms with Gasteiger partial charge in [0.15, 0.2) is 0 Å². The van der Waals surface area contributed by atoms with E-state index in [2.05, 4.69) is 27.7 Å². The van der Waals surface area contributed by atoms with Crippen molar-refractivity contribution in [3.63, 3.8) is 0 Å². The molecule has 0 aromatic heterocycles. The maximum atomic E-state index is 10.7. The lowest BCUT2D eigenvalue weighted by Gasteiger charge is -2.22. The summed E-state index contributed by atoms with van der Waals surface area (Å²) in [6.45, 7) is 11.0. The fourth-order valence-corrected chi connectivity index (χ4v) is 2.18. The highest BCUT2D eigenvalue weighted by Gasteiger charge is 2.55. The van der Waals surface area contributed by atoms with Gasteiger partial charge in [-0.25, -0.2) is 0 Å². The van der Waals surface area contributed by atoms with Gasteiger partial charge in [-0.05, 0) is 17.8 Å². The molecule has 0 aromatic carbocycles. The van der Waals surface area contributed by atoms with Crippen LogP contribution in [-0.2, 0) is 9.53 Å². The topological polar surface area (TPSA) is 26.3 Å². The number of hydrogen-bond acceptors (Lipinski definition) is 2. The van der Waals surface area contributed by atoms with Crippen molar-refractivity contribution in [3.8, 4) is 0 Å². The normalized spacial score (nSPS) is 32.8. The number of rotatable bonds is 2. The van der Waals surface area contributed by atoms with Crippen LogP contribution in [0.15, 0.2) is 0 Å². The molecule has 0 aliphatic heterocycles. The monoisotopic (exact) mass is 184 g/mol. The van der Waals surface area contributed by atoms with Crippen molar-refractivity contribution in [3.05, 3.63) is 0 Å². The maximum Gasteiger partial charge on any atom is 0.302 e. The molecule has 2 heteroatoms. The maximum absolute atomic E-state index is 10.7. The first-order valence-electron chi connectivity index (χ1n) is 4.89. The fraction of sp³-hybridized carbons (Fsp3) is 0.909. The summed E-state index contributed by atoms with van der Waals surface area (Å²) in [7, 11) is 0. The Kier molecular flexibility index (Phi) is 2.44. The summed E-state index contributed by atoms with van der Waals surface area (Å²) in [6.07, 6.45) is 1.18. The van der Waals surface area contributed by atoms with Gasteiger partial charge in [0.2, 0.25) is 0 Å². The highest BCUT2D eigenvalue weighted by molar-refractivity contribution is 5.65. The summed E-state index contributed by atoms with van der Waals surface area (Å²) in [5.41, 5.74) is 0.582. The van der Waals surface area contributed by atoms with Crippen LogP contribution in [0.3, 0.4) is 0 Å². The summed E-state index contributed by atoms with van der Waals surface area (Å²) in [6, 6.07) is 0. The van der Waals surface area contributed by atoms with Gasteiger partial charge in [-0.15, -0.1) is 0 Å². The number of hydrogen-bond donors (Lipinski definition) is 0. The second-order valence-corrected chi connectivity index (χ2v) is 5.56. The third-order valence-corrected chi connectivity index (χ3v) is 3.00. The van der Waals surface area contributed by atoms with Crippen LogP contribution in [0, 0.1) is 16.7 Å². The summed E-state index contributed by atoms with van der Waals surface area (Å²) in [5.74, 6) is 0.528. The molecule has 1 fully saturated rings. The molecule has 0 radical (unpaired) electrons. The molecular weight excluding hydrogens is 164 g/mol. The quantitative estimate of drug-likeness (QED) is 0.617. The molecule has 0 N–H and O–H groups in total. The van der Waals surface area contributed by atoms with E-state index in [4.69, 9.17) is 4.74 Å². The van der Waals surface area contributed by atoms with E-state index in [1.807, 2.05) is 0 Å². The molecule has 0 amide bonds. The predicted molar refractivity (Wildman–Crippen MR) is 52.3 cm³/mol. The van der Waals surface area contributed by atoms with Crippen LogP contribution < -0.4 is 0 Å². The Morgan fingerprint density at radius 3 is 2.38 bits per heavy atom. The van der Waals surface area contributed by atoms with Gasteiger partial charge >= 0.3 is 5.97 Å². The minimum Gasteiger partial charge on any atom is -0.465 e. The van der Waals surface area contributed by atoms with E-state index >= 15 is 0 Å². The molecule has 13 heavy (non-hydrogen) atoms. The van der Waals surface area contributed by atoms with E-state index < -0.39 is 0 Å². The second-order valence-electron chi connectivity index (χ2n) is 5.56. The first-order valence-corrected chi connectivity index (χ1v) is 4.89. The molecule has 0 heterocycles. The zero-order valence-electron chi connectivity index (χ0n) is 9.31. The van der Waals surface area contributed by atoms with Gasteiger partial charge < -0.3 is 4.74 Å². The Labute approximate surface area is 80.7 Å². The molecule has 0 spiro atoms. The Balaban J connectivity index is 2.41. The summed E-state index contributed by atoms with van der Waals surface area (Å²) < 4.78 is 5.06. The summed E-state index contributed by atoms with van der Waals surface area (Å²) >= 11 is 0. The molecule has 1 aliphatic carbocycles. The highest BCUT2D eigenvalue weighted by Crippen LogP contribution is 2.60. The molecule has 2 unspecified atom stereocenters. The second kappa shape index (κ2) is 3.00. The molecule has 0 bridgehead atoms. The van der Waals surface area contributed by atoms with Crippen LogP contribution in [0.25, 0.3) is 0 Å². The number of carbonyl (C=O) groups excluding carboxylic acids is 1. The smallest absolute Gasteiger partial charge is 0.302 e. The van der Waals surface area contributed by atoms with Crippen molar-refractivity contribution in [1.29, 1.82) is 0 Å². The van der Waals surface area contributed by atoms with E-state index in [0.717, 1.165) is 0 Å². The fourth-order valence-electron chi connectivity index (χ4n) is 2.18. The zero-order valence-corrected chi connectivity index (χ0v) is 9.31. The number of ether oxygens (including phenoxy) is 1. The minimum absolute atomic E-state index is 0.166. The van der Waals surface area contributed by atoms with Crippen molar-refractivity contribution in [2.45, 2.75) is 41.0 Å². The van der Waals surface area contributed by atoms with Crippen LogP contribution in [0.1, 0.15) is 41.0 Å². The van der Waals surface area contributed by atoms with Gasteiger partial charge in [0.05, 0.1) is 6.61 Å². The molecule has 1 saturated carbocycles. The van der Waals surface area contributed by atoms with Crippen molar-refractivity contribution in [1.82, 2.24) is 0 Å². The third kappa shape index (κ3) is 2.45. The average Bonchev–Trinajstić information content (AvgIpc) is 2.59. The van der Waals surface area contributed by atoms with Gasteiger partial charge in [0.25, 0.3) is 0 Å². The molecule has 1 aliphatic rings. The predicted octanol–water partition coefficient (Wildman–Crippen LogP) is 2.62. The van der Waals surface area contributed by atoms with Crippen molar-refractivity contribution in [2.75, 3.05) is 6.61 Å². The van der Waals surface area contributed by atoms with Crippen LogP contribution in [0.2, 0.25) is 0 Å². The van der Waals surface area contributed by atoms with E-state index in [0.29, 0.717) is 17.9 Å². The Morgan fingerprint density at radius 2 is 2.08 bits per heavy atom. The SMILES string of the molecule is CC(=O)OCC1(C)CC1C(C)(C)C. The Bertz CT molecular complexity index is 215. The van der Waals surface area contributed by atoms with Gasteiger partial charge in [0.1, 0.15) is 0 Å². The van der Waals surface area contributed by atoms with E-state index in [1.165, 1.54) is 13.3 Å². The third-order valence-electron chi connectivity index (χ3n) is 3.00. The Morgan fingerprint density at radius 1 is 1.54 bits per heavy atom. The molecule has 0 saturated heterocycles. The minimum atomic E-state index is -0.166. The van der Waals surface area contributed by atoms with Crippen molar-refractivity contribution in [2.24, 2.45) is 16.7 Å². The number of carbonyl (C=O) groups is 1. The molecule has 2 nitrogen and oxygen atoms in total. The highest BCUT2D eigenvalue weighted by atomic mass is 16.5. The van der Waals surface area contributed by atoms with Gasteiger partial charge in [-0.3, -0.25) is 4.79 Å². The molecular formula is C11H20O2. The van der Waals surface area contributed by atoms with Crippen LogP contribution in [0.5, 0.6) is 0 Å². The van der Waals surface area contributed by atoms with Crippen LogP contribution in [-0.4, -0.2) is 12.6 Å². The molecule has 2 atom stereocenters. The molecule has 76 valence electrons. The zero-order chi connectivity index (χ0) is 10.3. The van der Waals surface area contributed by atoms with Crippen molar-refractivity contribution < 1.29 is 9.53 Å². The van der Waals surface area contributed by atoms with Crippen LogP contribution >= 0.6 is 0 Å². The molecule has 1 rings (SSSR count). The lowest BCUT2D eigenvalue weighted by molar-refractivity contribution is -0.142. The lowest BCUT2D eigenvalue weighted by atomic mass is 9.85. The summed E-state index contributed by atoms with van der Waals surface area (Å²) in [4.78, 5) is 10.7. The lowest BCUT2D eigenvalue weighted by Crippen LogP contribution is -2.18. The van der Waals surface area contributed by atoms with Gasteiger partial charge in [-0.2, -0.15) is 0 Å². The average molecular weight is 184 g/mol. The first-order chi connectivity index (χ1) is 5.76. The first kappa shape index (κ1) is 10.6. The van der Waals surface area contributed by atoms with E-state index in [9.17, 15) is 4.79 Å². The van der Waals surface area contributed by atoms with Crippen molar-refractivity contribution >= 4 is 5.97 Å². The van der Waals surface area contributed by atoms with E-state index in [1.54, 1.807) is 0 Å². The van der Waals surface area contributed by atoms with Gasteiger partial charge in [-0.1, -0.05) is 27.7 Å².